The summed E-state index contributed by atoms with van der Waals surface area (Å²) in [5.41, 5.74) is 2.25. The molecule has 6 heteroatoms. The molecule has 112 valence electrons. The number of benzene rings is 1. The van der Waals surface area contributed by atoms with Crippen molar-refractivity contribution in [2.24, 2.45) is 0 Å². The zero-order valence-electron chi connectivity index (χ0n) is 12.0. The van der Waals surface area contributed by atoms with Crippen molar-refractivity contribution in [1.82, 2.24) is 10.2 Å². The minimum atomic E-state index is -0.656. The van der Waals surface area contributed by atoms with Gasteiger partial charge in [0.25, 0.3) is 5.91 Å². The summed E-state index contributed by atoms with van der Waals surface area (Å²) in [5, 5.41) is 2.54. The summed E-state index contributed by atoms with van der Waals surface area (Å²) >= 11 is 6.15. The first kappa shape index (κ1) is 15.5. The van der Waals surface area contributed by atoms with Gasteiger partial charge in [-0.25, -0.2) is 0 Å². The molecule has 21 heavy (non-hydrogen) atoms. The van der Waals surface area contributed by atoms with Gasteiger partial charge < -0.3 is 4.90 Å². The normalized spacial score (nSPS) is 14.8. The number of nitrogens with one attached hydrogen (secondary N) is 1. The Morgan fingerprint density at radius 3 is 2.86 bits per heavy atom. The van der Waals surface area contributed by atoms with E-state index in [4.69, 9.17) is 11.6 Å². The van der Waals surface area contributed by atoms with Crippen LogP contribution in [-0.2, 0) is 16.1 Å². The number of aryl methyl sites for hydroxylation is 1. The van der Waals surface area contributed by atoms with Crippen LogP contribution in [0.3, 0.4) is 0 Å². The van der Waals surface area contributed by atoms with Gasteiger partial charge in [-0.2, -0.15) is 0 Å². The van der Waals surface area contributed by atoms with Crippen LogP contribution in [0.5, 0.6) is 0 Å². The summed E-state index contributed by atoms with van der Waals surface area (Å²) in [7, 11) is 0. The lowest BCUT2D eigenvalue weighted by Gasteiger charge is -2.25. The molecule has 1 atom stereocenters. The Morgan fingerprint density at radius 1 is 1.52 bits per heavy atom. The Bertz CT molecular complexity index is 601. The molecule has 0 aromatic heterocycles. The number of carbonyl (C=O) groups excluding carboxylic acids is 3. The summed E-state index contributed by atoms with van der Waals surface area (Å²) in [6.07, 6.45) is 1.57. The van der Waals surface area contributed by atoms with Crippen molar-refractivity contribution in [3.63, 3.8) is 0 Å². The third kappa shape index (κ3) is 2.93. The second-order valence-corrected chi connectivity index (χ2v) is 5.55. The summed E-state index contributed by atoms with van der Waals surface area (Å²) in [5.74, 6) is -0.713. The molecule has 3 amide bonds. The molecule has 1 heterocycles. The predicted octanol–water partition coefficient (Wildman–Crippen LogP) is 2.05. The van der Waals surface area contributed by atoms with Crippen LogP contribution >= 0.6 is 11.6 Å². The molecule has 1 aliphatic heterocycles. The highest BCUT2D eigenvalue weighted by Gasteiger charge is 2.37. The van der Waals surface area contributed by atoms with Crippen molar-refractivity contribution >= 4 is 29.8 Å². The number of carbonyl (C=O) groups is 3. The maximum Gasteiger partial charge on any atom is 0.256 e. The Kier molecular flexibility index (Phi) is 4.63. The summed E-state index contributed by atoms with van der Waals surface area (Å²) in [6.45, 7) is 4.17. The molecule has 2 rings (SSSR count). The van der Waals surface area contributed by atoms with E-state index in [-0.39, 0.29) is 5.91 Å². The monoisotopic (exact) mass is 308 g/mol. The van der Waals surface area contributed by atoms with Crippen LogP contribution in [0.25, 0.3) is 0 Å². The lowest BCUT2D eigenvalue weighted by atomic mass is 10.1. The Labute approximate surface area is 128 Å². The minimum Gasteiger partial charge on any atom is -0.322 e. The molecule has 1 aliphatic rings. The fourth-order valence-corrected chi connectivity index (χ4v) is 3.06. The Balaban J connectivity index is 2.34. The Morgan fingerprint density at radius 2 is 2.24 bits per heavy atom. The number of nitrogens with zero attached hydrogens (tertiary/aromatic N) is 1. The number of rotatable bonds is 5. The molecule has 1 aromatic rings. The van der Waals surface area contributed by atoms with Crippen LogP contribution in [0.4, 0.5) is 0 Å². The molecule has 0 radical (unpaired) electrons. The van der Waals surface area contributed by atoms with Gasteiger partial charge in [0.15, 0.2) is 0 Å². The minimum absolute atomic E-state index is 0.255. The van der Waals surface area contributed by atoms with Crippen LogP contribution in [0.2, 0.25) is 5.02 Å². The fraction of sp³-hybridized carbons (Fsp3) is 0.400. The molecule has 0 spiro atoms. The molecular weight excluding hydrogens is 292 g/mol. The maximum atomic E-state index is 12.5. The largest absolute Gasteiger partial charge is 0.322 e. The van der Waals surface area contributed by atoms with Crippen molar-refractivity contribution < 1.29 is 14.4 Å². The zero-order valence-corrected chi connectivity index (χ0v) is 12.7. The predicted molar refractivity (Wildman–Crippen MR) is 79.0 cm³/mol. The van der Waals surface area contributed by atoms with E-state index in [1.165, 1.54) is 4.90 Å². The van der Waals surface area contributed by atoms with Gasteiger partial charge in [-0.1, -0.05) is 31.0 Å². The van der Waals surface area contributed by atoms with Crippen molar-refractivity contribution in [2.45, 2.75) is 39.3 Å². The van der Waals surface area contributed by atoms with E-state index in [1.54, 1.807) is 6.07 Å². The highest BCUT2D eigenvalue weighted by Crippen LogP contribution is 2.32. The lowest BCUT2D eigenvalue weighted by Crippen LogP contribution is -2.46. The van der Waals surface area contributed by atoms with E-state index in [1.807, 2.05) is 19.9 Å². The first-order chi connectivity index (χ1) is 9.99. The van der Waals surface area contributed by atoms with Gasteiger partial charge in [-0.05, 0) is 30.5 Å². The quantitative estimate of drug-likeness (QED) is 0.847. The third-order valence-electron chi connectivity index (χ3n) is 3.57. The molecule has 0 aliphatic carbocycles. The van der Waals surface area contributed by atoms with Gasteiger partial charge >= 0.3 is 0 Å². The first-order valence-corrected chi connectivity index (χ1v) is 7.21. The molecule has 0 fully saturated rings. The molecule has 1 N–H and O–H groups in total. The molecule has 0 saturated carbocycles. The van der Waals surface area contributed by atoms with E-state index >= 15 is 0 Å². The van der Waals surface area contributed by atoms with Crippen molar-refractivity contribution in [2.75, 3.05) is 0 Å². The van der Waals surface area contributed by atoms with Gasteiger partial charge in [-0.3, -0.25) is 19.7 Å². The second kappa shape index (κ2) is 6.26. The molecule has 1 unspecified atom stereocenters. The van der Waals surface area contributed by atoms with Gasteiger partial charge in [0.2, 0.25) is 12.3 Å². The van der Waals surface area contributed by atoms with Crippen LogP contribution in [0.1, 0.15) is 41.3 Å². The van der Waals surface area contributed by atoms with Gasteiger partial charge in [0.1, 0.15) is 6.04 Å². The van der Waals surface area contributed by atoms with Gasteiger partial charge in [-0.15, -0.1) is 0 Å². The molecule has 5 nitrogen and oxygen atoms in total. The molecule has 0 saturated heterocycles. The number of amides is 3. The van der Waals surface area contributed by atoms with Gasteiger partial charge in [0, 0.05) is 6.54 Å². The lowest BCUT2D eigenvalue weighted by molar-refractivity contribution is -0.129. The van der Waals surface area contributed by atoms with Crippen molar-refractivity contribution in [3.05, 3.63) is 33.8 Å². The molecular formula is C15H17ClN2O3. The number of imide groups is 1. The smallest absolute Gasteiger partial charge is 0.256 e. The second-order valence-electron chi connectivity index (χ2n) is 5.14. The standard InChI is InChI=1S/C15H17ClN2O3/c1-3-4-12(14(20)17-8-19)18-7-10-5-9(2)6-11(16)13(10)15(18)21/h5-6,8,12H,3-4,7H2,1-2H3,(H,17,19,20). The average molecular weight is 309 g/mol. The average Bonchev–Trinajstić information content (AvgIpc) is 2.73. The maximum absolute atomic E-state index is 12.5. The number of hydrogen-bond acceptors (Lipinski definition) is 3. The van der Waals surface area contributed by atoms with E-state index < -0.39 is 11.9 Å². The highest BCUT2D eigenvalue weighted by molar-refractivity contribution is 6.34. The summed E-state index contributed by atoms with van der Waals surface area (Å²) in [4.78, 5) is 36.5. The Hall–Kier alpha value is -1.88. The fourth-order valence-electron chi connectivity index (χ4n) is 2.69. The summed E-state index contributed by atoms with van der Waals surface area (Å²) < 4.78 is 0. The van der Waals surface area contributed by atoms with E-state index in [2.05, 4.69) is 5.32 Å². The van der Waals surface area contributed by atoms with Crippen molar-refractivity contribution in [1.29, 1.82) is 0 Å². The molecule has 0 bridgehead atoms. The van der Waals surface area contributed by atoms with Gasteiger partial charge in [0.05, 0.1) is 10.6 Å². The van der Waals surface area contributed by atoms with Crippen molar-refractivity contribution in [3.8, 4) is 0 Å². The van der Waals surface area contributed by atoms with E-state index in [0.29, 0.717) is 30.0 Å². The van der Waals surface area contributed by atoms with Crippen LogP contribution in [0.15, 0.2) is 12.1 Å². The summed E-state index contributed by atoms with van der Waals surface area (Å²) in [6, 6.07) is 2.98. The molecule has 1 aromatic carbocycles. The number of hydrogen-bond donors (Lipinski definition) is 1. The van der Waals surface area contributed by atoms with Crippen LogP contribution < -0.4 is 5.32 Å². The topological polar surface area (TPSA) is 66.5 Å². The number of fused-ring (bicyclic) bond motifs is 1. The third-order valence-corrected chi connectivity index (χ3v) is 3.87. The van der Waals surface area contributed by atoms with E-state index in [0.717, 1.165) is 17.5 Å². The SMILES string of the molecule is CCCC(C(=O)NC=O)N1Cc2cc(C)cc(Cl)c2C1=O. The van der Waals surface area contributed by atoms with E-state index in [9.17, 15) is 14.4 Å². The zero-order chi connectivity index (χ0) is 15.6. The van der Waals surface area contributed by atoms with Crippen LogP contribution in [0, 0.1) is 6.92 Å². The van der Waals surface area contributed by atoms with Crippen LogP contribution in [-0.4, -0.2) is 29.2 Å². The first-order valence-electron chi connectivity index (χ1n) is 6.83. The highest BCUT2D eigenvalue weighted by atomic mass is 35.5. The number of halogens is 1.